The predicted octanol–water partition coefficient (Wildman–Crippen LogP) is 3.61. The molecule has 0 aliphatic carbocycles. The highest BCUT2D eigenvalue weighted by Crippen LogP contribution is 2.25. The van der Waals surface area contributed by atoms with E-state index in [0.29, 0.717) is 17.9 Å². The Kier molecular flexibility index (Phi) is 8.89. The maximum atomic E-state index is 13.5. The van der Waals surface area contributed by atoms with Crippen LogP contribution >= 0.6 is 0 Å². The number of hydrogen-bond donors (Lipinski definition) is 1. The number of rotatable bonds is 12. The first-order valence-corrected chi connectivity index (χ1v) is 11.3. The molecule has 30 heavy (non-hydrogen) atoms. The summed E-state index contributed by atoms with van der Waals surface area (Å²) in [6, 6.07) is 14.6. The third-order valence-corrected chi connectivity index (χ3v) is 7.49. The van der Waals surface area contributed by atoms with Crippen LogP contribution in [0, 0.1) is 5.92 Å². The van der Waals surface area contributed by atoms with E-state index in [1.165, 1.54) is 4.31 Å². The van der Waals surface area contributed by atoms with Crippen molar-refractivity contribution in [1.29, 1.82) is 0 Å². The molecule has 0 aliphatic rings. The van der Waals surface area contributed by atoms with Gasteiger partial charge in [-0.05, 0) is 47.7 Å². The molecule has 2 aromatic carbocycles. The Labute approximate surface area is 179 Å². The first-order chi connectivity index (χ1) is 14.3. The van der Waals surface area contributed by atoms with Crippen molar-refractivity contribution >= 4 is 10.0 Å². The normalized spacial score (nSPS) is 13.6. The van der Waals surface area contributed by atoms with E-state index >= 15 is 0 Å². The molecule has 2 unspecified atom stereocenters. The van der Waals surface area contributed by atoms with Gasteiger partial charge in [0.25, 0.3) is 0 Å². The summed E-state index contributed by atoms with van der Waals surface area (Å²) in [5.41, 5.74) is 1.67. The van der Waals surface area contributed by atoms with Gasteiger partial charge in [-0.3, -0.25) is 0 Å². The van der Waals surface area contributed by atoms with E-state index in [1.807, 2.05) is 31.2 Å². The second-order valence-electron chi connectivity index (χ2n) is 7.23. The molecule has 0 aromatic heterocycles. The van der Waals surface area contributed by atoms with Crippen LogP contribution in [0.1, 0.15) is 24.5 Å². The minimum Gasteiger partial charge on any atom is -0.497 e. The maximum absolute atomic E-state index is 13.5. The summed E-state index contributed by atoms with van der Waals surface area (Å²) < 4.78 is 38.8. The topological polar surface area (TPSA) is 76.1 Å². The van der Waals surface area contributed by atoms with E-state index in [4.69, 9.17) is 9.47 Å². The maximum Gasteiger partial charge on any atom is 0.220 e. The van der Waals surface area contributed by atoms with Crippen LogP contribution in [0.5, 0.6) is 11.5 Å². The average molecular weight is 434 g/mol. The molecule has 2 rings (SSSR count). The number of aliphatic hydroxyl groups excluding tert-OH is 1. The largest absolute Gasteiger partial charge is 0.497 e. The highest BCUT2D eigenvalue weighted by molar-refractivity contribution is 7.89. The Bertz CT molecular complexity index is 845. The van der Waals surface area contributed by atoms with E-state index in [-0.39, 0.29) is 19.0 Å². The van der Waals surface area contributed by atoms with Crippen LogP contribution in [0.25, 0.3) is 0 Å². The fourth-order valence-electron chi connectivity index (χ4n) is 3.28. The zero-order valence-corrected chi connectivity index (χ0v) is 18.6. The van der Waals surface area contributed by atoms with Crippen molar-refractivity contribution < 1.29 is 23.0 Å². The Morgan fingerprint density at radius 3 is 1.73 bits per heavy atom. The van der Waals surface area contributed by atoms with E-state index in [2.05, 4.69) is 6.58 Å². The van der Waals surface area contributed by atoms with Gasteiger partial charge in [0.2, 0.25) is 10.0 Å². The van der Waals surface area contributed by atoms with Crippen LogP contribution in [-0.2, 0) is 23.1 Å². The lowest BCUT2D eigenvalue weighted by atomic mass is 10.0. The van der Waals surface area contributed by atoms with Gasteiger partial charge in [0, 0.05) is 13.1 Å². The SMILES string of the molecule is C=CCC(C)C(CO)S(=O)(=O)N(Cc1ccc(OC)cc1)Cc1ccc(OC)cc1. The molecule has 0 amide bonds. The molecule has 0 bridgehead atoms. The van der Waals surface area contributed by atoms with Gasteiger partial charge in [-0.1, -0.05) is 37.3 Å². The Balaban J connectivity index is 2.37. The Morgan fingerprint density at radius 1 is 0.967 bits per heavy atom. The standard InChI is InChI=1S/C23H31NO5S/c1-5-6-18(2)23(17-25)30(26,27)24(15-19-7-11-21(28-3)12-8-19)16-20-9-13-22(29-4)14-10-20/h5,7-14,18,23,25H,1,6,15-17H2,2-4H3. The van der Waals surface area contributed by atoms with Crippen LogP contribution in [-0.4, -0.2) is 43.9 Å². The number of nitrogens with zero attached hydrogens (tertiary/aromatic N) is 1. The van der Waals surface area contributed by atoms with Crippen LogP contribution in [0.4, 0.5) is 0 Å². The number of hydrogen-bond acceptors (Lipinski definition) is 5. The zero-order valence-electron chi connectivity index (χ0n) is 17.8. The lowest BCUT2D eigenvalue weighted by Gasteiger charge is -2.30. The molecule has 0 saturated heterocycles. The van der Waals surface area contributed by atoms with Gasteiger partial charge >= 0.3 is 0 Å². The molecule has 0 fully saturated rings. The number of ether oxygens (including phenoxy) is 2. The van der Waals surface area contributed by atoms with Crippen molar-refractivity contribution in [3.63, 3.8) is 0 Å². The molecule has 6 nitrogen and oxygen atoms in total. The summed E-state index contributed by atoms with van der Waals surface area (Å²) in [5, 5.41) is 8.99. The quantitative estimate of drug-likeness (QED) is 0.518. The van der Waals surface area contributed by atoms with Gasteiger partial charge in [-0.2, -0.15) is 4.31 Å². The average Bonchev–Trinajstić information content (AvgIpc) is 2.74. The van der Waals surface area contributed by atoms with Crippen molar-refractivity contribution in [2.75, 3.05) is 20.8 Å². The summed E-state index contributed by atoms with van der Waals surface area (Å²) in [7, 11) is -0.618. The number of allylic oxidation sites excluding steroid dienone is 1. The van der Waals surface area contributed by atoms with E-state index < -0.39 is 21.9 Å². The van der Waals surface area contributed by atoms with E-state index in [0.717, 1.165) is 11.1 Å². The second kappa shape index (κ2) is 11.2. The van der Waals surface area contributed by atoms with E-state index in [9.17, 15) is 13.5 Å². The van der Waals surface area contributed by atoms with Crippen LogP contribution < -0.4 is 9.47 Å². The van der Waals surface area contributed by atoms with Crippen LogP contribution in [0.2, 0.25) is 0 Å². The third-order valence-electron chi connectivity index (χ3n) is 5.13. The molecular weight excluding hydrogens is 402 g/mol. The number of benzene rings is 2. The van der Waals surface area contributed by atoms with Gasteiger partial charge in [0.15, 0.2) is 0 Å². The highest BCUT2D eigenvalue weighted by atomic mass is 32.2. The van der Waals surface area contributed by atoms with Gasteiger partial charge in [0.1, 0.15) is 16.7 Å². The first kappa shape index (κ1) is 23.9. The van der Waals surface area contributed by atoms with Crippen molar-refractivity contribution in [2.24, 2.45) is 5.92 Å². The fraction of sp³-hybridized carbons (Fsp3) is 0.391. The predicted molar refractivity (Wildman–Crippen MR) is 119 cm³/mol. The molecule has 0 radical (unpaired) electrons. The molecule has 0 heterocycles. The highest BCUT2D eigenvalue weighted by Gasteiger charge is 2.35. The zero-order chi connectivity index (χ0) is 22.1. The molecule has 2 aromatic rings. The van der Waals surface area contributed by atoms with Crippen molar-refractivity contribution in [3.05, 3.63) is 72.3 Å². The number of aliphatic hydroxyl groups is 1. The summed E-state index contributed by atoms with van der Waals surface area (Å²) in [6.45, 7) is 5.45. The van der Waals surface area contributed by atoms with Crippen LogP contribution in [0.3, 0.4) is 0 Å². The third kappa shape index (κ3) is 6.08. The molecule has 164 valence electrons. The fourth-order valence-corrected chi connectivity index (χ4v) is 5.21. The summed E-state index contributed by atoms with van der Waals surface area (Å²) in [5.74, 6) is 1.15. The lowest BCUT2D eigenvalue weighted by Crippen LogP contribution is -2.43. The Hall–Kier alpha value is -2.35. The van der Waals surface area contributed by atoms with Gasteiger partial charge in [0.05, 0.1) is 20.8 Å². The van der Waals surface area contributed by atoms with Crippen molar-refractivity contribution in [1.82, 2.24) is 4.31 Å². The van der Waals surface area contributed by atoms with Crippen LogP contribution in [0.15, 0.2) is 61.2 Å². The van der Waals surface area contributed by atoms with Crippen molar-refractivity contribution in [2.45, 2.75) is 31.7 Å². The van der Waals surface area contributed by atoms with E-state index in [1.54, 1.807) is 44.6 Å². The molecular formula is C23H31NO5S. The summed E-state index contributed by atoms with van der Waals surface area (Å²) in [6.07, 6.45) is 2.18. The summed E-state index contributed by atoms with van der Waals surface area (Å²) in [4.78, 5) is 0. The minimum absolute atomic E-state index is 0.190. The van der Waals surface area contributed by atoms with Gasteiger partial charge in [-0.15, -0.1) is 6.58 Å². The molecule has 0 spiro atoms. The summed E-state index contributed by atoms with van der Waals surface area (Å²) >= 11 is 0. The first-order valence-electron chi connectivity index (χ1n) is 9.82. The van der Waals surface area contributed by atoms with Gasteiger partial charge < -0.3 is 14.6 Å². The monoisotopic (exact) mass is 433 g/mol. The molecule has 1 N–H and O–H groups in total. The molecule has 7 heteroatoms. The number of methoxy groups -OCH3 is 2. The molecule has 0 saturated carbocycles. The minimum atomic E-state index is -3.79. The molecule has 2 atom stereocenters. The molecule has 0 aliphatic heterocycles. The Morgan fingerprint density at radius 2 is 1.40 bits per heavy atom. The van der Waals surface area contributed by atoms with Crippen molar-refractivity contribution in [3.8, 4) is 11.5 Å². The second-order valence-corrected chi connectivity index (χ2v) is 9.38. The number of sulfonamides is 1. The lowest BCUT2D eigenvalue weighted by molar-refractivity contribution is 0.255. The smallest absolute Gasteiger partial charge is 0.220 e. The van der Waals surface area contributed by atoms with Gasteiger partial charge in [-0.25, -0.2) is 8.42 Å².